The second-order valence-electron chi connectivity index (χ2n) is 9.92. The highest BCUT2D eigenvalue weighted by Gasteiger charge is 2.33. The van der Waals surface area contributed by atoms with E-state index in [4.69, 9.17) is 38.3 Å². The van der Waals surface area contributed by atoms with Crippen LogP contribution < -0.4 is 19.7 Å². The number of likely N-dealkylation sites (N-methyl/N-ethyl adjacent to an activating group) is 1. The summed E-state index contributed by atoms with van der Waals surface area (Å²) < 4.78 is 10.8. The third-order valence-corrected chi connectivity index (χ3v) is 7.82. The first-order valence-electron chi connectivity index (χ1n) is 13.2. The van der Waals surface area contributed by atoms with Crippen LogP contribution in [0, 0.1) is 6.92 Å². The maximum Gasteiger partial charge on any atom is 0.319 e. The van der Waals surface area contributed by atoms with Crippen molar-refractivity contribution in [2.24, 2.45) is 4.99 Å². The van der Waals surface area contributed by atoms with Crippen LogP contribution in [0.3, 0.4) is 0 Å². The number of hydrogen-bond donors (Lipinski definition) is 1. The highest BCUT2D eigenvalue weighted by atomic mass is 35.5. The van der Waals surface area contributed by atoms with Gasteiger partial charge in [-0.05, 0) is 49.0 Å². The summed E-state index contributed by atoms with van der Waals surface area (Å²) in [6, 6.07) is 14.0. The summed E-state index contributed by atoms with van der Waals surface area (Å²) in [6.45, 7) is 5.96. The Kier molecular flexibility index (Phi) is 8.67. The number of nitrogens with zero attached hydrogens (tertiary/aromatic N) is 6. The van der Waals surface area contributed by atoms with Crippen LogP contribution in [0.2, 0.25) is 5.02 Å². The van der Waals surface area contributed by atoms with Gasteiger partial charge in [0.1, 0.15) is 0 Å². The van der Waals surface area contributed by atoms with Gasteiger partial charge in [-0.25, -0.2) is 9.98 Å². The number of aromatic nitrogens is 2. The number of rotatable bonds is 6. The summed E-state index contributed by atoms with van der Waals surface area (Å²) in [5, 5.41) is 4.44. The number of fused-ring (bicyclic) bond motifs is 1. The number of aryl methyl sites for hydroxylation is 1. The van der Waals surface area contributed by atoms with E-state index in [1.165, 1.54) is 19.8 Å². The van der Waals surface area contributed by atoms with Gasteiger partial charge in [0.05, 0.1) is 31.2 Å². The third kappa shape index (κ3) is 6.27. The number of carbonyl (C=O) groups is 1. The predicted octanol–water partition coefficient (Wildman–Crippen LogP) is 3.29. The van der Waals surface area contributed by atoms with Crippen LogP contribution >= 0.6 is 23.8 Å². The predicted molar refractivity (Wildman–Crippen MR) is 163 cm³/mol. The lowest BCUT2D eigenvalue weighted by Gasteiger charge is -2.37. The summed E-state index contributed by atoms with van der Waals surface area (Å²) in [7, 11) is 4.75. The Morgan fingerprint density at radius 3 is 2.49 bits per heavy atom. The van der Waals surface area contributed by atoms with Crippen molar-refractivity contribution in [3.63, 3.8) is 0 Å². The molecule has 10 nitrogen and oxygen atoms in total. The molecule has 1 unspecified atom stereocenters. The Morgan fingerprint density at radius 1 is 1.07 bits per heavy atom. The van der Waals surface area contributed by atoms with Crippen LogP contribution in [0.5, 0.6) is 11.9 Å². The van der Waals surface area contributed by atoms with E-state index in [0.29, 0.717) is 22.1 Å². The highest BCUT2D eigenvalue weighted by Crippen LogP contribution is 2.31. The number of anilines is 1. The molecule has 214 valence electrons. The van der Waals surface area contributed by atoms with E-state index in [2.05, 4.69) is 25.1 Å². The molecule has 3 heterocycles. The van der Waals surface area contributed by atoms with Gasteiger partial charge in [-0.1, -0.05) is 35.4 Å². The van der Waals surface area contributed by atoms with E-state index in [9.17, 15) is 4.79 Å². The standard InChI is InChI=1S/C29H32ClN7O3S/c1-18-5-10-23-21(15-18)24(22-16-31-28(40-4)34-26(22)39-3)32-25(27(38)35(23)2)33-29(41)37-13-11-36(12-14-37)17-19-6-8-20(30)9-7-19/h5-10,15-16,25H,11-14,17H2,1-4H3,(H,33,41). The third-order valence-electron chi connectivity index (χ3n) is 7.19. The van der Waals surface area contributed by atoms with Crippen LogP contribution in [0.4, 0.5) is 5.69 Å². The molecule has 0 spiro atoms. The number of benzene rings is 2. The van der Waals surface area contributed by atoms with Crippen LogP contribution in [-0.4, -0.2) is 90.1 Å². The van der Waals surface area contributed by atoms with Crippen molar-refractivity contribution in [1.29, 1.82) is 0 Å². The largest absolute Gasteiger partial charge is 0.480 e. The van der Waals surface area contributed by atoms with Crippen molar-refractivity contribution in [2.45, 2.75) is 19.6 Å². The van der Waals surface area contributed by atoms with E-state index in [-0.39, 0.29) is 17.8 Å². The number of ether oxygens (including phenoxy) is 2. The summed E-state index contributed by atoms with van der Waals surface area (Å²) in [4.78, 5) is 33.3. The monoisotopic (exact) mass is 593 g/mol. The number of aliphatic imine (C=N–C) groups is 1. The number of hydrogen-bond acceptors (Lipinski definition) is 8. The molecule has 2 aliphatic rings. The van der Waals surface area contributed by atoms with Gasteiger partial charge in [-0.15, -0.1) is 0 Å². The maximum absolute atomic E-state index is 13.7. The quantitative estimate of drug-likeness (QED) is 0.432. The lowest BCUT2D eigenvalue weighted by atomic mass is 10.00. The van der Waals surface area contributed by atoms with Crippen LogP contribution in [0.15, 0.2) is 53.7 Å². The van der Waals surface area contributed by atoms with Gasteiger partial charge in [-0.3, -0.25) is 9.69 Å². The van der Waals surface area contributed by atoms with Gasteiger partial charge in [0.2, 0.25) is 12.0 Å². The Morgan fingerprint density at radius 2 is 1.80 bits per heavy atom. The number of amides is 1. The molecular formula is C29H32ClN7O3S. The van der Waals surface area contributed by atoms with Crippen LogP contribution in [-0.2, 0) is 11.3 Å². The SMILES string of the molecule is COc1ncc(C2=NC(NC(=S)N3CCN(Cc4ccc(Cl)cc4)CC3)C(=O)N(C)c3ccc(C)cc32)c(OC)n1. The molecule has 1 N–H and O–H groups in total. The molecule has 2 aliphatic heterocycles. The molecule has 2 aromatic carbocycles. The van der Waals surface area contributed by atoms with Crippen molar-refractivity contribution in [1.82, 2.24) is 25.1 Å². The lowest BCUT2D eigenvalue weighted by molar-refractivity contribution is -0.119. The number of carbonyl (C=O) groups excluding carboxylic acids is 1. The first-order valence-corrected chi connectivity index (χ1v) is 14.0. The average Bonchev–Trinajstić information content (AvgIpc) is 3.08. The zero-order valence-corrected chi connectivity index (χ0v) is 25.0. The fourth-order valence-corrected chi connectivity index (χ4v) is 5.35. The summed E-state index contributed by atoms with van der Waals surface area (Å²) in [6.07, 6.45) is 0.634. The van der Waals surface area contributed by atoms with Gasteiger partial charge in [0.25, 0.3) is 5.91 Å². The Balaban J connectivity index is 1.39. The molecule has 0 saturated carbocycles. The zero-order valence-electron chi connectivity index (χ0n) is 23.4. The molecule has 0 radical (unpaired) electrons. The summed E-state index contributed by atoms with van der Waals surface area (Å²) >= 11 is 11.8. The minimum Gasteiger partial charge on any atom is -0.480 e. The second kappa shape index (κ2) is 12.4. The number of halogens is 1. The van der Waals surface area contributed by atoms with Crippen molar-refractivity contribution >= 4 is 46.2 Å². The number of nitrogens with one attached hydrogen (secondary N) is 1. The van der Waals surface area contributed by atoms with E-state index < -0.39 is 6.17 Å². The van der Waals surface area contributed by atoms with Gasteiger partial charge in [0.15, 0.2) is 5.11 Å². The topological polar surface area (TPSA) is 95.4 Å². The molecule has 1 atom stereocenters. The number of thiocarbonyl (C=S) groups is 1. The summed E-state index contributed by atoms with van der Waals surface area (Å²) in [5.74, 6) is 0.0559. The Bertz CT molecular complexity index is 1480. The lowest BCUT2D eigenvalue weighted by Crippen LogP contribution is -2.55. The maximum atomic E-state index is 13.7. The number of benzodiazepines with no additional fused rings is 1. The fourth-order valence-electron chi connectivity index (χ4n) is 4.93. The highest BCUT2D eigenvalue weighted by molar-refractivity contribution is 7.80. The smallest absolute Gasteiger partial charge is 0.319 e. The van der Waals surface area contributed by atoms with E-state index in [0.717, 1.165) is 48.9 Å². The molecule has 5 rings (SSSR count). The van der Waals surface area contributed by atoms with E-state index in [1.54, 1.807) is 18.1 Å². The molecule has 3 aromatic rings. The van der Waals surface area contributed by atoms with E-state index >= 15 is 0 Å². The van der Waals surface area contributed by atoms with Gasteiger partial charge < -0.3 is 24.6 Å². The number of piperazine rings is 1. The molecule has 41 heavy (non-hydrogen) atoms. The minimum absolute atomic E-state index is 0.170. The first kappa shape index (κ1) is 28.7. The first-order chi connectivity index (χ1) is 19.8. The van der Waals surface area contributed by atoms with E-state index in [1.807, 2.05) is 49.4 Å². The normalized spacial score (nSPS) is 17.4. The minimum atomic E-state index is -0.964. The molecular weight excluding hydrogens is 562 g/mol. The fraction of sp³-hybridized carbons (Fsp3) is 0.345. The molecule has 1 amide bonds. The Hall–Kier alpha value is -3.80. The van der Waals surface area contributed by atoms with Gasteiger partial charge >= 0.3 is 6.01 Å². The van der Waals surface area contributed by atoms with Crippen LogP contribution in [0.25, 0.3) is 0 Å². The van der Waals surface area contributed by atoms with Gasteiger partial charge in [-0.2, -0.15) is 4.98 Å². The van der Waals surface area contributed by atoms with Crippen molar-refractivity contribution in [2.75, 3.05) is 52.3 Å². The molecule has 12 heteroatoms. The van der Waals surface area contributed by atoms with Crippen molar-refractivity contribution < 1.29 is 14.3 Å². The molecule has 1 fully saturated rings. The molecule has 1 aromatic heterocycles. The Labute approximate surface area is 249 Å². The molecule has 0 bridgehead atoms. The second-order valence-corrected chi connectivity index (χ2v) is 10.7. The molecule has 1 saturated heterocycles. The van der Waals surface area contributed by atoms with Crippen LogP contribution in [0.1, 0.15) is 22.3 Å². The zero-order chi connectivity index (χ0) is 29.1. The summed E-state index contributed by atoms with van der Waals surface area (Å²) in [5.41, 5.74) is 4.77. The average molecular weight is 594 g/mol. The molecule has 0 aliphatic carbocycles. The van der Waals surface area contributed by atoms with Crippen molar-refractivity contribution in [3.8, 4) is 11.9 Å². The van der Waals surface area contributed by atoms with Crippen molar-refractivity contribution in [3.05, 3.63) is 75.9 Å². The number of methoxy groups -OCH3 is 2. The van der Waals surface area contributed by atoms with Gasteiger partial charge in [0, 0.05) is 56.6 Å².